The Labute approximate surface area is 175 Å². The van der Waals surface area contributed by atoms with Gasteiger partial charge in [0.25, 0.3) is 0 Å². The highest BCUT2D eigenvalue weighted by atomic mass is 16.2. The fourth-order valence-electron chi connectivity index (χ4n) is 4.40. The lowest BCUT2D eigenvalue weighted by Crippen LogP contribution is -2.41. The van der Waals surface area contributed by atoms with Gasteiger partial charge in [-0.1, -0.05) is 18.9 Å². The van der Waals surface area contributed by atoms with Gasteiger partial charge in [-0.25, -0.2) is 4.79 Å². The van der Waals surface area contributed by atoms with E-state index in [-0.39, 0.29) is 23.8 Å². The molecule has 0 unspecified atom stereocenters. The zero-order valence-electron chi connectivity index (χ0n) is 16.9. The van der Waals surface area contributed by atoms with Crippen molar-refractivity contribution in [3.63, 3.8) is 0 Å². The molecule has 1 aromatic carbocycles. The first-order chi connectivity index (χ1) is 14.6. The second-order valence-electron chi connectivity index (χ2n) is 8.08. The van der Waals surface area contributed by atoms with Crippen LogP contribution >= 0.6 is 0 Å². The lowest BCUT2D eigenvalue weighted by molar-refractivity contribution is -0.119. The molecule has 3 amide bonds. The summed E-state index contributed by atoms with van der Waals surface area (Å²) < 4.78 is 0. The zero-order chi connectivity index (χ0) is 20.9. The van der Waals surface area contributed by atoms with Gasteiger partial charge in [0.15, 0.2) is 0 Å². The number of anilines is 2. The van der Waals surface area contributed by atoms with Gasteiger partial charge in [0.1, 0.15) is 0 Å². The topological polar surface area (TPSA) is 114 Å². The number of nitriles is 1. The van der Waals surface area contributed by atoms with Gasteiger partial charge in [-0.05, 0) is 43.9 Å². The van der Waals surface area contributed by atoms with Crippen molar-refractivity contribution in [2.75, 3.05) is 23.7 Å². The lowest BCUT2D eigenvalue weighted by atomic mass is 9.94. The third-order valence-corrected chi connectivity index (χ3v) is 6.01. The van der Waals surface area contributed by atoms with Gasteiger partial charge in [-0.2, -0.15) is 10.4 Å². The summed E-state index contributed by atoms with van der Waals surface area (Å²) in [5.41, 5.74) is 2.71. The first-order valence-corrected chi connectivity index (χ1v) is 10.5. The molecule has 0 bridgehead atoms. The van der Waals surface area contributed by atoms with E-state index in [0.29, 0.717) is 24.3 Å². The summed E-state index contributed by atoms with van der Waals surface area (Å²) >= 11 is 0. The van der Waals surface area contributed by atoms with Gasteiger partial charge in [-0.3, -0.25) is 9.89 Å². The van der Waals surface area contributed by atoms with Crippen molar-refractivity contribution >= 4 is 23.3 Å². The highest BCUT2D eigenvalue weighted by molar-refractivity contribution is 5.93. The number of rotatable bonds is 4. The number of urea groups is 1. The first-order valence-electron chi connectivity index (χ1n) is 10.5. The number of hydrogen-bond donors (Lipinski definition) is 3. The number of carbonyl (C=O) groups is 2. The Morgan fingerprint density at radius 1 is 1.17 bits per heavy atom. The fourth-order valence-corrected chi connectivity index (χ4v) is 4.40. The molecule has 2 fully saturated rings. The van der Waals surface area contributed by atoms with Crippen molar-refractivity contribution < 1.29 is 9.59 Å². The van der Waals surface area contributed by atoms with Gasteiger partial charge in [0.05, 0.1) is 29.2 Å². The predicted octanol–water partition coefficient (Wildman–Crippen LogP) is 3.82. The van der Waals surface area contributed by atoms with E-state index in [1.807, 2.05) is 0 Å². The minimum atomic E-state index is -0.189. The smallest absolute Gasteiger partial charge is 0.321 e. The molecule has 4 rings (SSSR count). The van der Waals surface area contributed by atoms with Crippen LogP contribution < -0.4 is 10.6 Å². The summed E-state index contributed by atoms with van der Waals surface area (Å²) in [5, 5.41) is 22.1. The number of aromatic amines is 1. The van der Waals surface area contributed by atoms with Crippen LogP contribution in [0.5, 0.6) is 0 Å². The standard InChI is InChI=1S/C22H26N6O2/c23-12-15-5-3-9-18(11-15)25-22(30)28-10-4-8-17(14-28)20-19(13-24-27-20)26-21(29)16-6-1-2-7-16/h3,5,9,11,13,16-17H,1-2,4,6-8,10,14H2,(H,24,27)(H,25,30)(H,26,29)/t17-/m1/s1. The average molecular weight is 406 g/mol. The fraction of sp³-hybridized carbons (Fsp3) is 0.455. The summed E-state index contributed by atoms with van der Waals surface area (Å²) in [4.78, 5) is 27.1. The van der Waals surface area contributed by atoms with Crippen LogP contribution in [0.25, 0.3) is 0 Å². The molecule has 1 aliphatic heterocycles. The minimum Gasteiger partial charge on any atom is -0.324 e. The summed E-state index contributed by atoms with van der Waals surface area (Å²) in [7, 11) is 0. The van der Waals surface area contributed by atoms with Crippen LogP contribution in [0.4, 0.5) is 16.2 Å². The third kappa shape index (κ3) is 4.46. The SMILES string of the molecule is N#Cc1cccc(NC(=O)N2CCC[C@@H](c3[nH]ncc3NC(=O)C3CCCC3)C2)c1. The van der Waals surface area contributed by atoms with E-state index in [2.05, 4.69) is 26.9 Å². The van der Waals surface area contributed by atoms with Crippen LogP contribution in [0.1, 0.15) is 55.7 Å². The van der Waals surface area contributed by atoms with Crippen LogP contribution in [-0.4, -0.2) is 40.1 Å². The Morgan fingerprint density at radius 3 is 2.80 bits per heavy atom. The molecule has 1 saturated carbocycles. The van der Waals surface area contributed by atoms with Gasteiger partial charge < -0.3 is 15.5 Å². The van der Waals surface area contributed by atoms with Crippen molar-refractivity contribution in [3.8, 4) is 6.07 Å². The monoisotopic (exact) mass is 406 g/mol. The quantitative estimate of drug-likeness (QED) is 0.716. The number of likely N-dealkylation sites (tertiary alicyclic amines) is 1. The van der Waals surface area contributed by atoms with Crippen molar-refractivity contribution in [2.45, 2.75) is 44.4 Å². The number of aromatic nitrogens is 2. The van der Waals surface area contributed by atoms with Crippen molar-refractivity contribution in [2.24, 2.45) is 5.92 Å². The molecule has 2 heterocycles. The molecule has 1 saturated heterocycles. The molecule has 30 heavy (non-hydrogen) atoms. The van der Waals surface area contributed by atoms with E-state index in [4.69, 9.17) is 5.26 Å². The molecule has 2 aliphatic rings. The Kier molecular flexibility index (Phi) is 5.98. The normalized spacial score (nSPS) is 19.3. The predicted molar refractivity (Wildman–Crippen MR) is 113 cm³/mol. The number of hydrogen-bond acceptors (Lipinski definition) is 4. The molecular weight excluding hydrogens is 380 g/mol. The number of nitrogens with zero attached hydrogens (tertiary/aromatic N) is 3. The number of piperidine rings is 1. The first kappa shape index (κ1) is 20.0. The molecule has 1 aromatic heterocycles. The van der Waals surface area contributed by atoms with Crippen LogP contribution in [0.15, 0.2) is 30.5 Å². The Balaban J connectivity index is 1.40. The summed E-state index contributed by atoms with van der Waals surface area (Å²) in [5.74, 6) is 0.236. The highest BCUT2D eigenvalue weighted by Gasteiger charge is 2.29. The molecule has 1 aliphatic carbocycles. The van der Waals surface area contributed by atoms with Crippen LogP contribution in [-0.2, 0) is 4.79 Å². The Bertz CT molecular complexity index is 957. The van der Waals surface area contributed by atoms with E-state index < -0.39 is 0 Å². The lowest BCUT2D eigenvalue weighted by Gasteiger charge is -2.32. The van der Waals surface area contributed by atoms with Gasteiger partial charge in [0.2, 0.25) is 5.91 Å². The van der Waals surface area contributed by atoms with E-state index in [1.165, 1.54) is 0 Å². The van der Waals surface area contributed by atoms with Gasteiger partial charge in [0, 0.05) is 30.6 Å². The largest absolute Gasteiger partial charge is 0.324 e. The number of amides is 3. The summed E-state index contributed by atoms with van der Waals surface area (Å²) in [6, 6.07) is 8.76. The molecular formula is C22H26N6O2. The maximum Gasteiger partial charge on any atom is 0.321 e. The maximum absolute atomic E-state index is 12.8. The second-order valence-corrected chi connectivity index (χ2v) is 8.08. The van der Waals surface area contributed by atoms with Crippen LogP contribution in [0.2, 0.25) is 0 Å². The summed E-state index contributed by atoms with van der Waals surface area (Å²) in [6.45, 7) is 1.20. The van der Waals surface area contributed by atoms with Gasteiger partial charge >= 0.3 is 6.03 Å². The second kappa shape index (κ2) is 8.99. The molecule has 0 radical (unpaired) electrons. The molecule has 3 N–H and O–H groups in total. The van der Waals surface area contributed by atoms with E-state index in [1.54, 1.807) is 35.4 Å². The van der Waals surface area contributed by atoms with Crippen LogP contribution in [0, 0.1) is 17.2 Å². The molecule has 8 nitrogen and oxygen atoms in total. The average Bonchev–Trinajstić information content (AvgIpc) is 3.46. The van der Waals surface area contributed by atoms with Crippen molar-refractivity contribution in [3.05, 3.63) is 41.7 Å². The number of nitrogens with one attached hydrogen (secondary N) is 3. The maximum atomic E-state index is 12.8. The molecule has 156 valence electrons. The summed E-state index contributed by atoms with van der Waals surface area (Å²) in [6.07, 6.45) is 7.57. The van der Waals surface area contributed by atoms with E-state index in [9.17, 15) is 9.59 Å². The van der Waals surface area contributed by atoms with E-state index >= 15 is 0 Å². The van der Waals surface area contributed by atoms with Gasteiger partial charge in [-0.15, -0.1) is 0 Å². The number of benzene rings is 1. The Hall–Kier alpha value is -3.34. The minimum absolute atomic E-state index is 0.0675. The van der Waals surface area contributed by atoms with E-state index in [0.717, 1.165) is 49.9 Å². The third-order valence-electron chi connectivity index (χ3n) is 6.01. The van der Waals surface area contributed by atoms with Crippen molar-refractivity contribution in [1.29, 1.82) is 5.26 Å². The number of carbonyl (C=O) groups excluding carboxylic acids is 2. The van der Waals surface area contributed by atoms with Crippen molar-refractivity contribution in [1.82, 2.24) is 15.1 Å². The molecule has 2 aromatic rings. The molecule has 1 atom stereocenters. The number of H-pyrrole nitrogens is 1. The zero-order valence-corrected chi connectivity index (χ0v) is 16.9. The Morgan fingerprint density at radius 2 is 2.00 bits per heavy atom. The van der Waals surface area contributed by atoms with Crippen LogP contribution in [0.3, 0.4) is 0 Å². The molecule has 0 spiro atoms. The molecule has 8 heteroatoms. The highest BCUT2D eigenvalue weighted by Crippen LogP contribution is 2.32.